The summed E-state index contributed by atoms with van der Waals surface area (Å²) in [4.78, 5) is 52.0. The summed E-state index contributed by atoms with van der Waals surface area (Å²) in [5.41, 5.74) is 12.1. The molecule has 0 saturated carbocycles. The van der Waals surface area contributed by atoms with E-state index in [1.165, 1.54) is 30.3 Å². The van der Waals surface area contributed by atoms with Crippen molar-refractivity contribution in [2.24, 2.45) is 5.73 Å². The minimum Gasteiger partial charge on any atom is -0.508 e. The van der Waals surface area contributed by atoms with Gasteiger partial charge in [0.2, 0.25) is 5.91 Å². The number of anilines is 2. The number of aromatic hydroxyl groups is 1. The molecule has 0 saturated heterocycles. The average molecular weight is 546 g/mol. The Bertz CT molecular complexity index is 1340. The molecule has 0 fully saturated rings. The van der Waals surface area contributed by atoms with Crippen LogP contribution in [-0.4, -0.2) is 46.3 Å². The summed E-state index contributed by atoms with van der Waals surface area (Å²) in [6.07, 6.45) is 0. The van der Waals surface area contributed by atoms with Crippen LogP contribution in [0.5, 0.6) is 5.75 Å². The van der Waals surface area contributed by atoms with Crippen LogP contribution in [0.1, 0.15) is 44.3 Å². The smallest absolute Gasteiger partial charge is 0.325 e. The van der Waals surface area contributed by atoms with Gasteiger partial charge in [-0.1, -0.05) is 29.8 Å². The van der Waals surface area contributed by atoms with E-state index in [0.717, 1.165) is 10.5 Å². The molecule has 6 N–H and O–H groups in total. The summed E-state index contributed by atoms with van der Waals surface area (Å²) < 4.78 is 8.76. The molecule has 37 heavy (non-hydrogen) atoms. The number of phenols is 1. The largest absolute Gasteiger partial charge is 0.508 e. The summed E-state index contributed by atoms with van der Waals surface area (Å²) in [6.45, 7) is 3.06. The molecule has 3 amide bonds. The Hall–Kier alpha value is -4.16. The van der Waals surface area contributed by atoms with E-state index >= 15 is 0 Å². The molecule has 0 aliphatic carbocycles. The Morgan fingerprint density at radius 2 is 1.86 bits per heavy atom. The Kier molecular flexibility index (Phi) is 8.69. The van der Waals surface area contributed by atoms with Gasteiger partial charge < -0.3 is 26.6 Å². The van der Waals surface area contributed by atoms with E-state index in [9.17, 15) is 24.3 Å². The Balaban J connectivity index is 2.18. The maximum atomic E-state index is 13.9. The van der Waals surface area contributed by atoms with E-state index in [2.05, 4.69) is 9.69 Å². The van der Waals surface area contributed by atoms with Crippen LogP contribution < -0.4 is 21.7 Å². The topological polar surface area (TPSA) is 178 Å². The molecule has 0 aliphatic rings. The molecule has 13 heteroatoms. The van der Waals surface area contributed by atoms with Gasteiger partial charge in [0, 0.05) is 10.7 Å². The fraction of sp³-hybridized carbons (Fsp3) is 0.208. The minimum atomic E-state index is -1.36. The number of amides is 3. The van der Waals surface area contributed by atoms with Gasteiger partial charge >= 0.3 is 5.97 Å². The van der Waals surface area contributed by atoms with Crippen molar-refractivity contribution >= 4 is 58.2 Å². The summed E-state index contributed by atoms with van der Waals surface area (Å²) >= 11 is 6.99. The van der Waals surface area contributed by atoms with Gasteiger partial charge in [0.1, 0.15) is 23.2 Å². The van der Waals surface area contributed by atoms with Crippen LogP contribution in [0.15, 0.2) is 42.5 Å². The average Bonchev–Trinajstić information content (AvgIpc) is 3.25. The highest BCUT2D eigenvalue weighted by molar-refractivity contribution is 7.09. The molecular weight excluding hydrogens is 522 g/mol. The highest BCUT2D eigenvalue weighted by atomic mass is 35.5. The maximum Gasteiger partial charge on any atom is 0.325 e. The Morgan fingerprint density at radius 3 is 2.43 bits per heavy atom. The normalized spacial score (nSPS) is 11.4. The number of esters is 1. The monoisotopic (exact) mass is 545 g/mol. The number of hydrogen-bond donors (Lipinski definition) is 4. The molecule has 3 aromatic rings. The third-order valence-corrected chi connectivity index (χ3v) is 6.49. The third kappa shape index (κ3) is 6.16. The molecule has 3 rings (SSSR count). The van der Waals surface area contributed by atoms with Crippen LogP contribution in [-0.2, 0) is 14.3 Å². The van der Waals surface area contributed by atoms with Crippen LogP contribution in [0.4, 0.5) is 11.4 Å². The number of nitrogen functional groups attached to an aromatic ring is 1. The number of aryl methyl sites for hydroxylation is 1. The SMILES string of the molecule is CCOC(=O)CNC(=O)[C@@H](c1ccc(O)cc1)N(C(=O)c1snc(C(N)=O)c1N)c1ccc(C)c(Cl)c1. The lowest BCUT2D eigenvalue weighted by Crippen LogP contribution is -2.45. The molecule has 0 aliphatic heterocycles. The first-order chi connectivity index (χ1) is 17.5. The van der Waals surface area contributed by atoms with E-state index in [0.29, 0.717) is 22.1 Å². The number of nitrogens with two attached hydrogens (primary N) is 2. The van der Waals surface area contributed by atoms with Gasteiger partial charge in [-0.15, -0.1) is 0 Å². The van der Waals surface area contributed by atoms with Gasteiger partial charge in [-0.25, -0.2) is 0 Å². The first-order valence-corrected chi connectivity index (χ1v) is 12.1. The molecule has 1 heterocycles. The van der Waals surface area contributed by atoms with E-state index in [4.69, 9.17) is 27.8 Å². The van der Waals surface area contributed by atoms with Crippen LogP contribution in [0.3, 0.4) is 0 Å². The summed E-state index contributed by atoms with van der Waals surface area (Å²) in [5, 5.41) is 12.6. The molecule has 1 aromatic heterocycles. The molecule has 0 unspecified atom stereocenters. The molecule has 0 spiro atoms. The van der Waals surface area contributed by atoms with Gasteiger partial charge in [0.05, 0.1) is 12.3 Å². The van der Waals surface area contributed by atoms with E-state index < -0.39 is 36.3 Å². The molecule has 2 aromatic carbocycles. The van der Waals surface area contributed by atoms with E-state index in [1.54, 1.807) is 26.0 Å². The van der Waals surface area contributed by atoms with Crippen molar-refractivity contribution in [2.45, 2.75) is 19.9 Å². The predicted molar refractivity (Wildman–Crippen MR) is 139 cm³/mol. The van der Waals surface area contributed by atoms with Crippen LogP contribution >= 0.6 is 23.1 Å². The Morgan fingerprint density at radius 1 is 1.19 bits per heavy atom. The number of rotatable bonds is 9. The summed E-state index contributed by atoms with van der Waals surface area (Å²) in [6, 6.07) is 8.96. The molecule has 11 nitrogen and oxygen atoms in total. The number of primary amides is 1. The maximum absolute atomic E-state index is 13.9. The van der Waals surface area contributed by atoms with Crippen LogP contribution in [0, 0.1) is 6.92 Å². The highest BCUT2D eigenvalue weighted by Crippen LogP contribution is 2.35. The van der Waals surface area contributed by atoms with Gasteiger partial charge in [-0.2, -0.15) is 4.37 Å². The fourth-order valence-electron chi connectivity index (χ4n) is 3.40. The number of carbonyl (C=O) groups is 4. The second-order valence-electron chi connectivity index (χ2n) is 7.76. The molecular formula is C24H24ClN5O6S. The number of phenolic OH excluding ortho intramolecular Hbond substituents is 1. The van der Waals surface area contributed by atoms with Crippen molar-refractivity contribution in [3.05, 3.63) is 69.2 Å². The molecule has 0 bridgehead atoms. The van der Waals surface area contributed by atoms with Crippen molar-refractivity contribution in [1.29, 1.82) is 0 Å². The van der Waals surface area contributed by atoms with Crippen molar-refractivity contribution in [3.8, 4) is 5.75 Å². The molecule has 1 atom stereocenters. The third-order valence-electron chi connectivity index (χ3n) is 5.24. The predicted octanol–water partition coefficient (Wildman–Crippen LogP) is 2.56. The number of nitrogens with one attached hydrogen (secondary N) is 1. The van der Waals surface area contributed by atoms with Crippen molar-refractivity contribution in [1.82, 2.24) is 9.69 Å². The number of aromatic nitrogens is 1. The highest BCUT2D eigenvalue weighted by Gasteiger charge is 2.36. The zero-order valence-electron chi connectivity index (χ0n) is 19.9. The second-order valence-corrected chi connectivity index (χ2v) is 8.94. The lowest BCUT2D eigenvalue weighted by molar-refractivity contribution is -0.143. The van der Waals surface area contributed by atoms with Crippen molar-refractivity contribution in [3.63, 3.8) is 0 Å². The van der Waals surface area contributed by atoms with Crippen molar-refractivity contribution < 1.29 is 29.0 Å². The number of hydrogen-bond acceptors (Lipinski definition) is 9. The first-order valence-electron chi connectivity index (χ1n) is 10.9. The zero-order valence-corrected chi connectivity index (χ0v) is 21.4. The first kappa shape index (κ1) is 27.4. The quantitative estimate of drug-likeness (QED) is 0.296. The van der Waals surface area contributed by atoms with Crippen LogP contribution in [0.2, 0.25) is 5.02 Å². The lowest BCUT2D eigenvalue weighted by Gasteiger charge is -2.31. The Labute approximate surface area is 221 Å². The fourth-order valence-corrected chi connectivity index (χ4v) is 4.31. The van der Waals surface area contributed by atoms with E-state index in [-0.39, 0.29) is 34.3 Å². The number of carbonyl (C=O) groups excluding carboxylic acids is 4. The zero-order chi connectivity index (χ0) is 27.3. The summed E-state index contributed by atoms with van der Waals surface area (Å²) in [5.74, 6) is -3.16. The molecule has 0 radical (unpaired) electrons. The molecule has 194 valence electrons. The van der Waals surface area contributed by atoms with Gasteiger partial charge in [0.15, 0.2) is 5.69 Å². The number of ether oxygens (including phenoxy) is 1. The standard InChI is InChI=1S/C24H24ClN5O6S/c1-3-36-17(32)11-28-23(34)20(13-5-8-15(31)9-6-13)30(14-7-4-12(2)16(25)10-14)24(35)21-18(26)19(22(27)33)29-37-21/h4-10,20,31H,3,11,26H2,1-2H3,(H2,27,33)(H,28,34)/t20-/m1/s1. The number of nitrogens with zero attached hydrogens (tertiary/aromatic N) is 2. The number of halogens is 1. The lowest BCUT2D eigenvalue weighted by atomic mass is 10.0. The van der Waals surface area contributed by atoms with Gasteiger partial charge in [-0.05, 0) is 60.8 Å². The number of benzene rings is 2. The van der Waals surface area contributed by atoms with E-state index in [1.807, 2.05) is 0 Å². The van der Waals surface area contributed by atoms with Crippen LogP contribution in [0.25, 0.3) is 0 Å². The van der Waals surface area contributed by atoms with Gasteiger partial charge in [0.25, 0.3) is 11.8 Å². The minimum absolute atomic E-state index is 0.0662. The van der Waals surface area contributed by atoms with Gasteiger partial charge in [-0.3, -0.25) is 24.1 Å². The second kappa shape index (κ2) is 11.7. The van der Waals surface area contributed by atoms with Crippen molar-refractivity contribution in [2.75, 3.05) is 23.8 Å². The summed E-state index contributed by atoms with van der Waals surface area (Å²) in [7, 11) is 0.